The second-order valence-corrected chi connectivity index (χ2v) is 3.67. The molecule has 0 radical (unpaired) electrons. The lowest BCUT2D eigenvalue weighted by atomic mass is 10.00. The number of carbonyl (C=O) groups is 2. The van der Waals surface area contributed by atoms with Crippen molar-refractivity contribution in [2.24, 2.45) is 0 Å². The second-order valence-electron chi connectivity index (χ2n) is 3.67. The van der Waals surface area contributed by atoms with E-state index < -0.39 is 0 Å². The first-order valence-electron chi connectivity index (χ1n) is 5.30. The van der Waals surface area contributed by atoms with Crippen LogP contribution in [-0.4, -0.2) is 11.6 Å². The average molecular weight is 204 g/mol. The molecule has 0 saturated heterocycles. The van der Waals surface area contributed by atoms with Crippen LogP contribution in [0.1, 0.15) is 42.1 Å². The SMILES string of the molecule is CCCCC(=O)C(=O)c1ccccc1C. The highest BCUT2D eigenvalue weighted by Crippen LogP contribution is 2.10. The van der Waals surface area contributed by atoms with Gasteiger partial charge in [0.15, 0.2) is 0 Å². The molecule has 0 spiro atoms. The van der Waals surface area contributed by atoms with E-state index in [-0.39, 0.29) is 11.6 Å². The first kappa shape index (κ1) is 11.6. The number of aryl methyl sites for hydroxylation is 1. The van der Waals surface area contributed by atoms with Crippen LogP contribution in [0.2, 0.25) is 0 Å². The first-order chi connectivity index (χ1) is 7.16. The topological polar surface area (TPSA) is 34.1 Å². The van der Waals surface area contributed by atoms with Crippen molar-refractivity contribution in [3.8, 4) is 0 Å². The summed E-state index contributed by atoms with van der Waals surface area (Å²) >= 11 is 0. The third kappa shape index (κ3) is 3.01. The predicted molar refractivity (Wildman–Crippen MR) is 60.0 cm³/mol. The third-order valence-electron chi connectivity index (χ3n) is 2.40. The summed E-state index contributed by atoms with van der Waals surface area (Å²) in [6, 6.07) is 7.21. The maximum atomic E-state index is 11.7. The summed E-state index contributed by atoms with van der Waals surface area (Å²) in [7, 11) is 0. The van der Waals surface area contributed by atoms with Crippen molar-refractivity contribution in [3.05, 3.63) is 35.4 Å². The van der Waals surface area contributed by atoms with Crippen molar-refractivity contribution in [2.75, 3.05) is 0 Å². The van der Waals surface area contributed by atoms with Crippen molar-refractivity contribution in [3.63, 3.8) is 0 Å². The Balaban J connectivity index is 2.77. The molecule has 0 bridgehead atoms. The van der Waals surface area contributed by atoms with E-state index in [1.807, 2.05) is 26.0 Å². The van der Waals surface area contributed by atoms with Crippen molar-refractivity contribution in [1.29, 1.82) is 0 Å². The van der Waals surface area contributed by atoms with Crippen LogP contribution in [0.4, 0.5) is 0 Å². The van der Waals surface area contributed by atoms with Gasteiger partial charge in [0.1, 0.15) is 0 Å². The molecule has 0 fully saturated rings. The summed E-state index contributed by atoms with van der Waals surface area (Å²) < 4.78 is 0. The largest absolute Gasteiger partial charge is 0.290 e. The number of carbonyl (C=O) groups excluding carboxylic acids is 2. The van der Waals surface area contributed by atoms with E-state index >= 15 is 0 Å². The number of benzene rings is 1. The number of Topliss-reactive ketones (excluding diaryl/α,β-unsaturated/α-hetero) is 2. The highest BCUT2D eigenvalue weighted by atomic mass is 16.2. The highest BCUT2D eigenvalue weighted by molar-refractivity contribution is 6.43. The van der Waals surface area contributed by atoms with Crippen LogP contribution in [0.5, 0.6) is 0 Å². The average Bonchev–Trinajstić information content (AvgIpc) is 2.25. The Labute approximate surface area is 90.3 Å². The summed E-state index contributed by atoms with van der Waals surface area (Å²) in [6.45, 7) is 3.85. The minimum absolute atomic E-state index is 0.272. The van der Waals surface area contributed by atoms with Crippen LogP contribution in [0.3, 0.4) is 0 Å². The molecule has 0 amide bonds. The van der Waals surface area contributed by atoms with E-state index in [1.54, 1.807) is 12.1 Å². The first-order valence-corrected chi connectivity index (χ1v) is 5.30. The fraction of sp³-hybridized carbons (Fsp3) is 0.385. The van der Waals surface area contributed by atoms with E-state index in [4.69, 9.17) is 0 Å². The van der Waals surface area contributed by atoms with E-state index in [0.29, 0.717) is 12.0 Å². The molecule has 0 heterocycles. The molecule has 80 valence electrons. The van der Waals surface area contributed by atoms with Crippen LogP contribution in [-0.2, 0) is 4.79 Å². The molecule has 2 heteroatoms. The monoisotopic (exact) mass is 204 g/mol. The number of hydrogen-bond acceptors (Lipinski definition) is 2. The minimum Gasteiger partial charge on any atom is -0.290 e. The second kappa shape index (κ2) is 5.44. The minimum atomic E-state index is -0.346. The Hall–Kier alpha value is -1.44. The molecule has 0 atom stereocenters. The molecule has 0 saturated carbocycles. The van der Waals surface area contributed by atoms with Crippen LogP contribution >= 0.6 is 0 Å². The Kier molecular flexibility index (Phi) is 4.22. The van der Waals surface area contributed by atoms with Crippen molar-refractivity contribution in [1.82, 2.24) is 0 Å². The molecule has 1 aromatic rings. The molecule has 1 aromatic carbocycles. The maximum Gasteiger partial charge on any atom is 0.228 e. The Bertz CT molecular complexity index is 367. The van der Waals surface area contributed by atoms with Gasteiger partial charge in [-0.05, 0) is 18.9 Å². The Morgan fingerprint density at radius 2 is 1.87 bits per heavy atom. The molecule has 0 aliphatic rings. The van der Waals surface area contributed by atoms with Gasteiger partial charge in [0.2, 0.25) is 11.6 Å². The molecule has 2 nitrogen and oxygen atoms in total. The fourth-order valence-electron chi connectivity index (χ4n) is 1.43. The van der Waals surface area contributed by atoms with Crippen molar-refractivity contribution >= 4 is 11.6 Å². The lowest BCUT2D eigenvalue weighted by Crippen LogP contribution is -2.14. The normalized spacial score (nSPS) is 10.0. The summed E-state index contributed by atoms with van der Waals surface area (Å²) in [5.41, 5.74) is 1.41. The van der Waals surface area contributed by atoms with E-state index in [1.165, 1.54) is 0 Å². The summed E-state index contributed by atoms with van der Waals surface area (Å²) in [5.74, 6) is -0.618. The molecule has 0 aliphatic carbocycles. The van der Waals surface area contributed by atoms with Crippen LogP contribution in [0.15, 0.2) is 24.3 Å². The smallest absolute Gasteiger partial charge is 0.228 e. The maximum absolute atomic E-state index is 11.7. The van der Waals surface area contributed by atoms with E-state index in [2.05, 4.69) is 0 Å². The molecule has 1 rings (SSSR count). The van der Waals surface area contributed by atoms with Crippen molar-refractivity contribution < 1.29 is 9.59 Å². The van der Waals surface area contributed by atoms with Crippen LogP contribution in [0, 0.1) is 6.92 Å². The zero-order valence-electron chi connectivity index (χ0n) is 9.25. The summed E-state index contributed by atoms with van der Waals surface area (Å²) in [4.78, 5) is 23.2. The van der Waals surface area contributed by atoms with Gasteiger partial charge in [0.05, 0.1) is 0 Å². The predicted octanol–water partition coefficient (Wildman–Crippen LogP) is 2.94. The lowest BCUT2D eigenvalue weighted by molar-refractivity contribution is -0.115. The van der Waals surface area contributed by atoms with Gasteiger partial charge in [0.25, 0.3) is 0 Å². The third-order valence-corrected chi connectivity index (χ3v) is 2.40. The number of hydrogen-bond donors (Lipinski definition) is 0. The van der Waals surface area contributed by atoms with Crippen LogP contribution < -0.4 is 0 Å². The van der Waals surface area contributed by atoms with Gasteiger partial charge in [0, 0.05) is 12.0 Å². The zero-order chi connectivity index (χ0) is 11.3. The quantitative estimate of drug-likeness (QED) is 0.546. The summed E-state index contributed by atoms with van der Waals surface area (Å²) in [6.07, 6.45) is 2.09. The van der Waals surface area contributed by atoms with Gasteiger partial charge in [-0.15, -0.1) is 0 Å². The molecule has 0 aliphatic heterocycles. The Morgan fingerprint density at radius 1 is 1.20 bits per heavy atom. The Morgan fingerprint density at radius 3 is 2.47 bits per heavy atom. The molecule has 15 heavy (non-hydrogen) atoms. The standard InChI is InChI=1S/C13H16O2/c1-3-4-9-12(14)13(15)11-8-6-5-7-10(11)2/h5-8H,3-4,9H2,1-2H3. The summed E-state index contributed by atoms with van der Waals surface area (Å²) in [5, 5.41) is 0. The van der Waals surface area contributed by atoms with Gasteiger partial charge >= 0.3 is 0 Å². The molecule has 0 aromatic heterocycles. The molecular weight excluding hydrogens is 188 g/mol. The van der Waals surface area contributed by atoms with Crippen LogP contribution in [0.25, 0.3) is 0 Å². The zero-order valence-corrected chi connectivity index (χ0v) is 9.25. The number of ketones is 2. The van der Waals surface area contributed by atoms with E-state index in [9.17, 15) is 9.59 Å². The molecule has 0 unspecified atom stereocenters. The number of unbranched alkanes of at least 4 members (excludes halogenated alkanes) is 1. The van der Waals surface area contributed by atoms with Gasteiger partial charge < -0.3 is 0 Å². The van der Waals surface area contributed by atoms with Crippen molar-refractivity contribution in [2.45, 2.75) is 33.1 Å². The van der Waals surface area contributed by atoms with Gasteiger partial charge in [-0.1, -0.05) is 37.6 Å². The highest BCUT2D eigenvalue weighted by Gasteiger charge is 2.16. The fourth-order valence-corrected chi connectivity index (χ4v) is 1.43. The molecule has 0 N–H and O–H groups in total. The number of rotatable bonds is 5. The van der Waals surface area contributed by atoms with Gasteiger partial charge in [-0.25, -0.2) is 0 Å². The molecular formula is C13H16O2. The van der Waals surface area contributed by atoms with Gasteiger partial charge in [-0.2, -0.15) is 0 Å². The van der Waals surface area contributed by atoms with E-state index in [0.717, 1.165) is 18.4 Å². The van der Waals surface area contributed by atoms with Gasteiger partial charge in [-0.3, -0.25) is 9.59 Å². The lowest BCUT2D eigenvalue weighted by Gasteiger charge is -2.02.